The molecular weight excluding hydrogens is 362 g/mol. The number of hydrogen-bond acceptors (Lipinski definition) is 3. The van der Waals surface area contributed by atoms with Crippen LogP contribution in [0.4, 0.5) is 5.69 Å². The van der Waals surface area contributed by atoms with E-state index in [1.807, 2.05) is 24.3 Å². The minimum Gasteiger partial charge on any atom is -0.465 e. The standard InChI is InChI=1S/C25H27NO3/c1-15(2)18-11-8-12-19(16(3)4)23(18)26-24(27)20-13-6-9-17-10-7-14-21(22(17)20)25(28)29-5/h6-16H,1-5H3,(H,26,27). The van der Waals surface area contributed by atoms with Crippen molar-refractivity contribution in [3.8, 4) is 0 Å². The predicted molar refractivity (Wildman–Crippen MR) is 118 cm³/mol. The Morgan fingerprint density at radius 1 is 0.793 bits per heavy atom. The third-order valence-corrected chi connectivity index (χ3v) is 5.17. The highest BCUT2D eigenvalue weighted by atomic mass is 16.5. The van der Waals surface area contributed by atoms with Crippen molar-refractivity contribution in [3.63, 3.8) is 0 Å². The van der Waals surface area contributed by atoms with Crippen LogP contribution in [-0.4, -0.2) is 19.0 Å². The number of hydrogen-bond donors (Lipinski definition) is 1. The number of benzene rings is 3. The molecule has 3 aromatic carbocycles. The number of esters is 1. The van der Waals surface area contributed by atoms with Crippen molar-refractivity contribution in [2.45, 2.75) is 39.5 Å². The van der Waals surface area contributed by atoms with Gasteiger partial charge in [0.1, 0.15) is 0 Å². The fourth-order valence-corrected chi connectivity index (χ4v) is 3.69. The van der Waals surface area contributed by atoms with Gasteiger partial charge < -0.3 is 10.1 Å². The molecule has 3 aromatic rings. The Morgan fingerprint density at radius 3 is 1.83 bits per heavy atom. The van der Waals surface area contributed by atoms with Crippen LogP contribution in [0.3, 0.4) is 0 Å². The third-order valence-electron chi connectivity index (χ3n) is 5.17. The van der Waals surface area contributed by atoms with E-state index in [1.54, 1.807) is 18.2 Å². The first-order valence-electron chi connectivity index (χ1n) is 9.89. The van der Waals surface area contributed by atoms with Crippen molar-refractivity contribution < 1.29 is 14.3 Å². The minimum atomic E-state index is -0.457. The second-order valence-corrected chi connectivity index (χ2v) is 7.78. The topological polar surface area (TPSA) is 55.4 Å². The number of ether oxygens (including phenoxy) is 1. The van der Waals surface area contributed by atoms with E-state index in [9.17, 15) is 9.59 Å². The van der Waals surface area contributed by atoms with E-state index < -0.39 is 5.97 Å². The fraction of sp³-hybridized carbons (Fsp3) is 0.280. The molecule has 0 heterocycles. The SMILES string of the molecule is COC(=O)c1cccc2cccc(C(=O)Nc3c(C(C)C)cccc3C(C)C)c12. The lowest BCUT2D eigenvalue weighted by Gasteiger charge is -2.20. The zero-order chi connectivity index (χ0) is 21.1. The van der Waals surface area contributed by atoms with Gasteiger partial charge in [0.25, 0.3) is 5.91 Å². The minimum absolute atomic E-state index is 0.234. The summed E-state index contributed by atoms with van der Waals surface area (Å²) in [4.78, 5) is 25.7. The van der Waals surface area contributed by atoms with Crippen molar-refractivity contribution in [1.82, 2.24) is 0 Å². The molecule has 1 N–H and O–H groups in total. The molecule has 0 aliphatic rings. The van der Waals surface area contributed by atoms with Gasteiger partial charge in [-0.3, -0.25) is 4.79 Å². The number of nitrogens with one attached hydrogen (secondary N) is 1. The monoisotopic (exact) mass is 389 g/mol. The number of para-hydroxylation sites is 1. The summed E-state index contributed by atoms with van der Waals surface area (Å²) in [7, 11) is 1.34. The molecule has 0 spiro atoms. The molecule has 0 aliphatic carbocycles. The predicted octanol–water partition coefficient (Wildman–Crippen LogP) is 6.13. The van der Waals surface area contributed by atoms with Crippen molar-refractivity contribution in [2.75, 3.05) is 12.4 Å². The first kappa shape index (κ1) is 20.6. The first-order chi connectivity index (χ1) is 13.8. The lowest BCUT2D eigenvalue weighted by Crippen LogP contribution is -2.17. The fourth-order valence-electron chi connectivity index (χ4n) is 3.69. The van der Waals surface area contributed by atoms with Gasteiger partial charge in [-0.2, -0.15) is 0 Å². The number of methoxy groups -OCH3 is 1. The summed E-state index contributed by atoms with van der Waals surface area (Å²) >= 11 is 0. The smallest absolute Gasteiger partial charge is 0.338 e. The molecule has 0 bridgehead atoms. The number of amides is 1. The van der Waals surface area contributed by atoms with E-state index >= 15 is 0 Å². The van der Waals surface area contributed by atoms with Crippen molar-refractivity contribution in [2.24, 2.45) is 0 Å². The third kappa shape index (κ3) is 4.02. The van der Waals surface area contributed by atoms with Crippen LogP contribution in [0.5, 0.6) is 0 Å². The van der Waals surface area contributed by atoms with Crippen LogP contribution < -0.4 is 5.32 Å². The van der Waals surface area contributed by atoms with Crippen molar-refractivity contribution >= 4 is 28.3 Å². The van der Waals surface area contributed by atoms with Gasteiger partial charge in [0, 0.05) is 16.6 Å². The molecule has 4 heteroatoms. The largest absolute Gasteiger partial charge is 0.465 e. The number of carbonyl (C=O) groups is 2. The Balaban J connectivity index is 2.15. The molecule has 1 amide bonds. The average molecular weight is 389 g/mol. The van der Waals surface area contributed by atoms with Crippen molar-refractivity contribution in [1.29, 1.82) is 0 Å². The maximum atomic E-state index is 13.4. The average Bonchev–Trinajstić information content (AvgIpc) is 2.71. The van der Waals surface area contributed by atoms with E-state index in [0.29, 0.717) is 16.5 Å². The van der Waals surface area contributed by atoms with Crippen LogP contribution in [0.2, 0.25) is 0 Å². The van der Waals surface area contributed by atoms with Crippen LogP contribution in [0.1, 0.15) is 71.4 Å². The quantitative estimate of drug-likeness (QED) is 0.534. The second-order valence-electron chi connectivity index (χ2n) is 7.78. The van der Waals surface area contributed by atoms with Crippen molar-refractivity contribution in [3.05, 3.63) is 76.9 Å². The summed E-state index contributed by atoms with van der Waals surface area (Å²) in [5, 5.41) is 4.57. The van der Waals surface area contributed by atoms with E-state index in [0.717, 1.165) is 22.2 Å². The van der Waals surface area contributed by atoms with E-state index in [1.165, 1.54) is 7.11 Å². The maximum absolute atomic E-state index is 13.4. The molecule has 0 fully saturated rings. The zero-order valence-electron chi connectivity index (χ0n) is 17.6. The molecule has 0 atom stereocenters. The van der Waals surface area contributed by atoms with E-state index in [2.05, 4.69) is 45.1 Å². The molecule has 29 heavy (non-hydrogen) atoms. The summed E-state index contributed by atoms with van der Waals surface area (Å²) in [6.45, 7) is 8.45. The van der Waals surface area contributed by atoms with Gasteiger partial charge in [0.05, 0.1) is 12.7 Å². The van der Waals surface area contributed by atoms with E-state index in [4.69, 9.17) is 4.74 Å². The molecule has 0 radical (unpaired) electrons. The molecule has 0 saturated carbocycles. The molecule has 150 valence electrons. The van der Waals surface area contributed by atoms with Gasteiger partial charge >= 0.3 is 5.97 Å². The Hall–Kier alpha value is -3.14. The number of anilines is 1. The highest BCUT2D eigenvalue weighted by Gasteiger charge is 2.20. The molecular formula is C25H27NO3. The maximum Gasteiger partial charge on any atom is 0.338 e. The summed E-state index contributed by atoms with van der Waals surface area (Å²) in [6.07, 6.45) is 0. The van der Waals surface area contributed by atoms with Gasteiger partial charge in [-0.15, -0.1) is 0 Å². The van der Waals surface area contributed by atoms with Crippen LogP contribution in [-0.2, 0) is 4.74 Å². The summed E-state index contributed by atoms with van der Waals surface area (Å²) in [5.41, 5.74) is 3.89. The zero-order valence-corrected chi connectivity index (χ0v) is 17.6. The molecule has 0 saturated heterocycles. The number of carbonyl (C=O) groups excluding carboxylic acids is 2. The number of rotatable bonds is 5. The molecule has 0 aliphatic heterocycles. The van der Waals surface area contributed by atoms with Crippen LogP contribution in [0.15, 0.2) is 54.6 Å². The van der Waals surface area contributed by atoms with Gasteiger partial charge in [-0.1, -0.05) is 70.2 Å². The molecule has 3 rings (SSSR count). The van der Waals surface area contributed by atoms with Crippen LogP contribution >= 0.6 is 0 Å². The molecule has 4 nitrogen and oxygen atoms in total. The molecule has 0 unspecified atom stereocenters. The van der Waals surface area contributed by atoms with Gasteiger partial charge in [-0.25, -0.2) is 4.79 Å². The Kier molecular flexibility index (Phi) is 6.02. The Bertz CT molecular complexity index is 1040. The second kappa shape index (κ2) is 8.48. The first-order valence-corrected chi connectivity index (χ1v) is 9.89. The van der Waals surface area contributed by atoms with E-state index in [-0.39, 0.29) is 17.7 Å². The van der Waals surface area contributed by atoms with Gasteiger partial charge in [0.2, 0.25) is 0 Å². The summed E-state index contributed by atoms with van der Waals surface area (Å²) in [6, 6.07) is 17.0. The molecule has 0 aromatic heterocycles. The van der Waals surface area contributed by atoms with Gasteiger partial charge in [-0.05, 0) is 40.5 Å². The summed E-state index contributed by atoms with van der Waals surface area (Å²) < 4.78 is 4.93. The van der Waals surface area contributed by atoms with Crippen LogP contribution in [0, 0.1) is 0 Å². The number of fused-ring (bicyclic) bond motifs is 1. The Morgan fingerprint density at radius 2 is 1.31 bits per heavy atom. The normalized spacial score (nSPS) is 11.1. The Labute approximate surface area is 171 Å². The van der Waals surface area contributed by atoms with Crippen LogP contribution in [0.25, 0.3) is 10.8 Å². The lowest BCUT2D eigenvalue weighted by atomic mass is 9.92. The lowest BCUT2D eigenvalue weighted by molar-refractivity contribution is 0.0603. The van der Waals surface area contributed by atoms with Gasteiger partial charge in [0.15, 0.2) is 0 Å². The highest BCUT2D eigenvalue weighted by Crippen LogP contribution is 2.33. The summed E-state index contributed by atoms with van der Waals surface area (Å²) in [5.74, 6) is -0.160. The highest BCUT2D eigenvalue weighted by molar-refractivity contribution is 6.18.